The molecular weight excluding hydrogens is 325 g/mol. The molecule has 1 aromatic heterocycles. The van der Waals surface area contributed by atoms with E-state index in [1.54, 1.807) is 6.26 Å². The largest absolute Gasteiger partial charge is 0.635 e. The van der Waals surface area contributed by atoms with Gasteiger partial charge in [0.25, 0.3) is 0 Å². The molecule has 8 heteroatoms. The van der Waals surface area contributed by atoms with Crippen molar-refractivity contribution in [3.05, 3.63) is 36.1 Å². The first-order chi connectivity index (χ1) is 12.1. The van der Waals surface area contributed by atoms with E-state index in [9.17, 15) is 14.8 Å². The van der Waals surface area contributed by atoms with E-state index in [1.165, 1.54) is 0 Å². The summed E-state index contributed by atoms with van der Waals surface area (Å²) in [6.07, 6.45) is 3.72. The lowest BCUT2D eigenvalue weighted by atomic mass is 9.88. The van der Waals surface area contributed by atoms with Gasteiger partial charge >= 0.3 is 7.32 Å². The number of hydrogen-bond donors (Lipinski definition) is 3. The molecule has 2 aliphatic rings. The van der Waals surface area contributed by atoms with Crippen LogP contribution in [0.3, 0.4) is 0 Å². The first-order valence-corrected chi connectivity index (χ1v) is 8.52. The minimum absolute atomic E-state index is 0.0422. The fourth-order valence-corrected chi connectivity index (χ4v) is 3.85. The van der Waals surface area contributed by atoms with Gasteiger partial charge in [-0.05, 0) is 25.3 Å². The fourth-order valence-electron chi connectivity index (χ4n) is 3.85. The fraction of sp³-hybridized carbons (Fsp3) is 0.471. The number of carbonyl (C=O) groups is 1. The molecule has 25 heavy (non-hydrogen) atoms. The molecule has 4 rings (SSSR count). The summed E-state index contributed by atoms with van der Waals surface area (Å²) < 4.78 is 16.3. The van der Waals surface area contributed by atoms with Crippen LogP contribution in [0.1, 0.15) is 24.8 Å². The maximum absolute atomic E-state index is 12.6. The highest BCUT2D eigenvalue weighted by Crippen LogP contribution is 2.38. The Labute approximate surface area is 145 Å². The average molecular weight is 345 g/mol. The number of fused-ring (bicyclic) bond motifs is 3. The molecule has 2 saturated heterocycles. The number of para-hydroxylation sites is 1. The second-order valence-electron chi connectivity index (χ2n) is 6.64. The Bertz CT molecular complexity index is 762. The van der Waals surface area contributed by atoms with Gasteiger partial charge in [-0.1, -0.05) is 18.2 Å². The van der Waals surface area contributed by atoms with E-state index in [0.717, 1.165) is 29.4 Å². The topological polar surface area (TPSA) is 101 Å². The van der Waals surface area contributed by atoms with E-state index < -0.39 is 13.5 Å². The zero-order valence-electron chi connectivity index (χ0n) is 13.6. The van der Waals surface area contributed by atoms with Gasteiger partial charge in [-0.15, -0.1) is 0 Å². The molecule has 2 aromatic rings. The van der Waals surface area contributed by atoms with Crippen molar-refractivity contribution >= 4 is 24.2 Å². The second-order valence-corrected chi connectivity index (χ2v) is 6.64. The van der Waals surface area contributed by atoms with Crippen LogP contribution >= 0.6 is 0 Å². The van der Waals surface area contributed by atoms with Crippen molar-refractivity contribution in [3.63, 3.8) is 0 Å². The Kier molecular flexibility index (Phi) is 4.51. The number of furan rings is 1. The predicted octanol–water partition coefficient (Wildman–Crippen LogP) is 0.971. The summed E-state index contributed by atoms with van der Waals surface area (Å²) >= 11 is 0. The Morgan fingerprint density at radius 2 is 2.20 bits per heavy atom. The third kappa shape index (κ3) is 3.43. The van der Waals surface area contributed by atoms with Gasteiger partial charge in [0.05, 0.1) is 24.4 Å². The van der Waals surface area contributed by atoms with Crippen LogP contribution in [0.15, 0.2) is 34.9 Å². The number of rotatable bonds is 6. The molecule has 132 valence electrons. The van der Waals surface area contributed by atoms with Crippen molar-refractivity contribution in [1.29, 1.82) is 0 Å². The van der Waals surface area contributed by atoms with Crippen molar-refractivity contribution in [3.8, 4) is 0 Å². The van der Waals surface area contributed by atoms with Gasteiger partial charge < -0.3 is 29.2 Å². The smallest absolute Gasteiger partial charge is 0.464 e. The SMILES string of the molecule is O=C(N[C@@H](Cc1coc2ccccc12)OB(O)O)[C@@H]1C[C@@H]2CC[C@H]1O2. The zero-order valence-corrected chi connectivity index (χ0v) is 13.6. The summed E-state index contributed by atoms with van der Waals surface area (Å²) in [6, 6.07) is 7.52. The van der Waals surface area contributed by atoms with Crippen molar-refractivity contribution in [1.82, 2.24) is 5.32 Å². The van der Waals surface area contributed by atoms with Crippen molar-refractivity contribution < 1.29 is 28.7 Å². The summed E-state index contributed by atoms with van der Waals surface area (Å²) in [7, 11) is -1.97. The van der Waals surface area contributed by atoms with Gasteiger partial charge in [0, 0.05) is 17.4 Å². The van der Waals surface area contributed by atoms with Gasteiger partial charge in [0.15, 0.2) is 0 Å². The van der Waals surface area contributed by atoms with E-state index in [0.29, 0.717) is 6.42 Å². The Morgan fingerprint density at radius 1 is 1.36 bits per heavy atom. The van der Waals surface area contributed by atoms with E-state index in [1.807, 2.05) is 24.3 Å². The standard InChI is InChI=1S/C17H20BNO6/c20-17(13-8-11-5-6-15(13)24-11)19-16(25-18(21)22)7-10-9-23-14-4-2-1-3-12(10)14/h1-4,9,11,13,15-16,21-22H,5-8H2,(H,19,20)/t11-,13+,15+,16+/m0/s1. The molecule has 2 fully saturated rings. The van der Waals surface area contributed by atoms with Crippen LogP contribution in [-0.2, 0) is 20.6 Å². The van der Waals surface area contributed by atoms with Crippen LogP contribution in [0.4, 0.5) is 0 Å². The monoisotopic (exact) mass is 345 g/mol. The van der Waals surface area contributed by atoms with Crippen molar-refractivity contribution in [2.75, 3.05) is 0 Å². The first kappa shape index (κ1) is 16.6. The molecule has 7 nitrogen and oxygen atoms in total. The highest BCUT2D eigenvalue weighted by Gasteiger charge is 2.44. The maximum atomic E-state index is 12.6. The predicted molar refractivity (Wildman–Crippen MR) is 89.1 cm³/mol. The van der Waals surface area contributed by atoms with Crippen LogP contribution in [0.2, 0.25) is 0 Å². The second kappa shape index (κ2) is 6.80. The minimum atomic E-state index is -1.97. The van der Waals surface area contributed by atoms with Crippen LogP contribution in [-0.4, -0.2) is 41.7 Å². The van der Waals surface area contributed by atoms with Gasteiger partial charge in [-0.3, -0.25) is 4.79 Å². The van der Waals surface area contributed by atoms with Crippen LogP contribution in [0, 0.1) is 5.92 Å². The molecule has 1 aromatic carbocycles. The average Bonchev–Trinajstić information content (AvgIpc) is 3.30. The molecule has 0 aliphatic carbocycles. The third-order valence-electron chi connectivity index (χ3n) is 5.00. The number of nitrogens with one attached hydrogen (secondary N) is 1. The van der Waals surface area contributed by atoms with E-state index in [-0.39, 0.29) is 30.5 Å². The Hall–Kier alpha value is -1.87. The zero-order chi connectivity index (χ0) is 17.4. The number of benzene rings is 1. The van der Waals surface area contributed by atoms with Crippen molar-refractivity contribution in [2.45, 2.75) is 44.1 Å². The lowest BCUT2D eigenvalue weighted by Crippen LogP contribution is -2.46. The molecule has 4 atom stereocenters. The number of hydrogen-bond acceptors (Lipinski definition) is 6. The molecule has 0 spiro atoms. The summed E-state index contributed by atoms with van der Waals surface area (Å²) in [5, 5.41) is 22.0. The minimum Gasteiger partial charge on any atom is -0.464 e. The summed E-state index contributed by atoms with van der Waals surface area (Å²) in [6.45, 7) is 0. The molecule has 0 unspecified atom stereocenters. The molecular formula is C17H20BNO6. The highest BCUT2D eigenvalue weighted by atomic mass is 16.6. The van der Waals surface area contributed by atoms with Crippen LogP contribution < -0.4 is 5.32 Å². The quantitative estimate of drug-likeness (QED) is 0.533. The van der Waals surface area contributed by atoms with Gasteiger partial charge in [-0.2, -0.15) is 0 Å². The molecule has 0 radical (unpaired) electrons. The highest BCUT2D eigenvalue weighted by molar-refractivity contribution is 6.32. The summed E-state index contributed by atoms with van der Waals surface area (Å²) in [5.41, 5.74) is 1.55. The van der Waals surface area contributed by atoms with Gasteiger partial charge in [-0.25, -0.2) is 0 Å². The molecule has 1 amide bonds. The molecule has 3 N–H and O–H groups in total. The first-order valence-electron chi connectivity index (χ1n) is 8.52. The molecule has 2 bridgehead atoms. The molecule has 2 aliphatic heterocycles. The van der Waals surface area contributed by atoms with Crippen LogP contribution in [0.25, 0.3) is 11.0 Å². The van der Waals surface area contributed by atoms with E-state index in [4.69, 9.17) is 13.8 Å². The van der Waals surface area contributed by atoms with Crippen molar-refractivity contribution in [2.24, 2.45) is 5.92 Å². The Balaban J connectivity index is 1.47. The van der Waals surface area contributed by atoms with Gasteiger partial charge in [0.1, 0.15) is 11.8 Å². The number of ether oxygens (including phenoxy) is 1. The van der Waals surface area contributed by atoms with Crippen LogP contribution in [0.5, 0.6) is 0 Å². The maximum Gasteiger partial charge on any atom is 0.635 e. The summed E-state index contributed by atoms with van der Waals surface area (Å²) in [5.74, 6) is -0.382. The number of carbonyl (C=O) groups excluding carboxylic acids is 1. The lowest BCUT2D eigenvalue weighted by Gasteiger charge is -2.23. The van der Waals surface area contributed by atoms with E-state index >= 15 is 0 Å². The van der Waals surface area contributed by atoms with E-state index in [2.05, 4.69) is 5.32 Å². The lowest BCUT2D eigenvalue weighted by molar-refractivity contribution is -0.129. The summed E-state index contributed by atoms with van der Waals surface area (Å²) in [4.78, 5) is 12.6. The van der Waals surface area contributed by atoms with Gasteiger partial charge in [0.2, 0.25) is 5.91 Å². The Morgan fingerprint density at radius 3 is 2.92 bits per heavy atom. The molecule has 3 heterocycles. The normalized spacial score (nSPS) is 26.1. The number of amides is 1. The molecule has 0 saturated carbocycles. The third-order valence-corrected chi connectivity index (χ3v) is 5.00.